The molecule has 7 heteroatoms. The minimum absolute atomic E-state index is 0.0441. The molecule has 0 spiro atoms. The number of carbonyl (C=O) groups is 1. The van der Waals surface area contributed by atoms with Gasteiger partial charge in [0, 0.05) is 6.54 Å². The summed E-state index contributed by atoms with van der Waals surface area (Å²) in [5.41, 5.74) is 5.28. The maximum atomic E-state index is 12.1. The number of rotatable bonds is 12. The van der Waals surface area contributed by atoms with Gasteiger partial charge in [0.05, 0.1) is 5.92 Å². The highest BCUT2D eigenvalue weighted by Crippen LogP contribution is 2.40. The summed E-state index contributed by atoms with van der Waals surface area (Å²) < 4.78 is 22.6. The van der Waals surface area contributed by atoms with Gasteiger partial charge in [0.1, 0.15) is 24.2 Å². The number of benzene rings is 3. The van der Waals surface area contributed by atoms with Crippen LogP contribution >= 0.6 is 0 Å². The molecule has 0 amide bonds. The third-order valence-corrected chi connectivity index (χ3v) is 6.86. The summed E-state index contributed by atoms with van der Waals surface area (Å²) in [6.45, 7) is 5.86. The maximum Gasteiger partial charge on any atom is 0.314 e. The van der Waals surface area contributed by atoms with Crippen molar-refractivity contribution in [2.24, 2.45) is 5.92 Å². The first-order valence-corrected chi connectivity index (χ1v) is 13.6. The second-order valence-corrected chi connectivity index (χ2v) is 9.79. The van der Waals surface area contributed by atoms with E-state index in [1.165, 1.54) is 0 Å². The van der Waals surface area contributed by atoms with Gasteiger partial charge in [-0.05, 0) is 90.0 Å². The number of aliphatic hydroxyl groups excluding tert-OH is 1. The molecule has 0 saturated heterocycles. The van der Waals surface area contributed by atoms with Gasteiger partial charge >= 0.3 is 5.97 Å². The summed E-state index contributed by atoms with van der Waals surface area (Å²) in [5, 5.41) is 13.2. The molecule has 1 heterocycles. The summed E-state index contributed by atoms with van der Waals surface area (Å²) in [4.78, 5) is 12.1. The van der Waals surface area contributed by atoms with E-state index in [-0.39, 0.29) is 25.3 Å². The topological polar surface area (TPSA) is 86.2 Å². The van der Waals surface area contributed by atoms with Crippen molar-refractivity contribution in [3.05, 3.63) is 83.4 Å². The molecule has 1 unspecified atom stereocenters. The minimum atomic E-state index is -0.578. The molecule has 2 aliphatic rings. The van der Waals surface area contributed by atoms with E-state index in [0.29, 0.717) is 18.0 Å². The van der Waals surface area contributed by atoms with Crippen molar-refractivity contribution in [2.45, 2.75) is 39.2 Å². The largest absolute Gasteiger partial charge is 0.491 e. The van der Waals surface area contributed by atoms with Crippen molar-refractivity contribution in [3.63, 3.8) is 0 Å². The fraction of sp³-hybridized carbons (Fsp3) is 0.344. The Kier molecular flexibility index (Phi) is 8.49. The van der Waals surface area contributed by atoms with E-state index >= 15 is 0 Å². The number of hydrogen-bond donors (Lipinski definition) is 2. The van der Waals surface area contributed by atoms with E-state index < -0.39 is 6.10 Å². The molecule has 2 N–H and O–H groups in total. The standard InChI is InChI=1S/C32H35NO6/c1-3-28(24-11-16-29-30(17-24)38-20-37-29)31(22-9-14-27(15-10-22)39-32(35)23-5-6-23)21-7-12-26(13-8-21)36-19-25(34)18-33-4-2/h7-17,23,25,33-34H,3-6,18-20H2,1-2H3/b31-28+. The molecule has 0 aromatic heterocycles. The number of nitrogens with one attached hydrogen (secondary N) is 1. The molecule has 204 valence electrons. The molecule has 0 bridgehead atoms. The Labute approximate surface area is 229 Å². The average molecular weight is 530 g/mol. The van der Waals surface area contributed by atoms with Gasteiger partial charge in [0.25, 0.3) is 0 Å². The number of ether oxygens (including phenoxy) is 4. The van der Waals surface area contributed by atoms with Crippen LogP contribution in [0.25, 0.3) is 11.1 Å². The van der Waals surface area contributed by atoms with Crippen LogP contribution in [0.2, 0.25) is 0 Å². The van der Waals surface area contributed by atoms with E-state index in [9.17, 15) is 9.90 Å². The lowest BCUT2D eigenvalue weighted by Gasteiger charge is -2.18. The van der Waals surface area contributed by atoms with Crippen LogP contribution in [0.1, 0.15) is 49.8 Å². The predicted octanol–water partition coefficient (Wildman–Crippen LogP) is 5.45. The molecule has 5 rings (SSSR count). The zero-order valence-electron chi connectivity index (χ0n) is 22.4. The number of aliphatic hydroxyl groups is 1. The lowest BCUT2D eigenvalue weighted by atomic mass is 9.88. The first-order valence-electron chi connectivity index (χ1n) is 13.6. The first-order chi connectivity index (χ1) is 19.1. The van der Waals surface area contributed by atoms with Gasteiger partial charge in [-0.3, -0.25) is 4.79 Å². The highest BCUT2D eigenvalue weighted by atomic mass is 16.7. The molecule has 0 radical (unpaired) electrons. The third kappa shape index (κ3) is 6.61. The normalized spacial score (nSPS) is 15.5. The van der Waals surface area contributed by atoms with E-state index in [1.54, 1.807) is 0 Å². The second kappa shape index (κ2) is 12.4. The van der Waals surface area contributed by atoms with Crippen molar-refractivity contribution in [1.29, 1.82) is 0 Å². The number of fused-ring (bicyclic) bond motifs is 1. The van der Waals surface area contributed by atoms with Crippen LogP contribution < -0.4 is 24.3 Å². The van der Waals surface area contributed by atoms with Gasteiger partial charge in [-0.25, -0.2) is 0 Å². The summed E-state index contributed by atoms with van der Waals surface area (Å²) >= 11 is 0. The van der Waals surface area contributed by atoms with Gasteiger partial charge in [0.15, 0.2) is 11.5 Å². The highest BCUT2D eigenvalue weighted by molar-refractivity contribution is 5.99. The summed E-state index contributed by atoms with van der Waals surface area (Å²) in [7, 11) is 0. The van der Waals surface area contributed by atoms with Crippen molar-refractivity contribution < 1.29 is 28.8 Å². The maximum absolute atomic E-state index is 12.1. The Morgan fingerprint density at radius 1 is 0.923 bits per heavy atom. The molecule has 1 fully saturated rings. The van der Waals surface area contributed by atoms with Crippen LogP contribution in [0.4, 0.5) is 0 Å². The molecule has 1 saturated carbocycles. The summed E-state index contributed by atoms with van der Waals surface area (Å²) in [6.07, 6.45) is 2.02. The predicted molar refractivity (Wildman–Crippen MR) is 150 cm³/mol. The molecule has 1 aliphatic heterocycles. The van der Waals surface area contributed by atoms with E-state index in [0.717, 1.165) is 65.1 Å². The van der Waals surface area contributed by atoms with Crippen LogP contribution in [0.5, 0.6) is 23.0 Å². The quantitative estimate of drug-likeness (QED) is 0.183. The lowest BCUT2D eigenvalue weighted by Crippen LogP contribution is -2.31. The smallest absolute Gasteiger partial charge is 0.314 e. The average Bonchev–Trinajstić information content (AvgIpc) is 3.72. The van der Waals surface area contributed by atoms with Gasteiger partial charge in [-0.15, -0.1) is 0 Å². The lowest BCUT2D eigenvalue weighted by molar-refractivity contribution is -0.135. The minimum Gasteiger partial charge on any atom is -0.491 e. The van der Waals surface area contributed by atoms with E-state index in [4.69, 9.17) is 18.9 Å². The zero-order chi connectivity index (χ0) is 27.2. The van der Waals surface area contributed by atoms with Crippen molar-refractivity contribution in [1.82, 2.24) is 5.32 Å². The fourth-order valence-corrected chi connectivity index (χ4v) is 4.61. The number of allylic oxidation sites excluding steroid dienone is 1. The second-order valence-electron chi connectivity index (χ2n) is 9.79. The Hall–Kier alpha value is -3.81. The highest BCUT2D eigenvalue weighted by Gasteiger charge is 2.31. The summed E-state index contributed by atoms with van der Waals surface area (Å²) in [6, 6.07) is 21.6. The van der Waals surface area contributed by atoms with Crippen LogP contribution in [-0.4, -0.2) is 43.7 Å². The van der Waals surface area contributed by atoms with Gasteiger partial charge in [-0.2, -0.15) is 0 Å². The summed E-state index contributed by atoms with van der Waals surface area (Å²) in [5.74, 6) is 2.62. The van der Waals surface area contributed by atoms with E-state index in [1.807, 2.05) is 67.6 Å². The Bertz CT molecular complexity index is 1310. The molecule has 3 aromatic carbocycles. The SMILES string of the molecule is CCNCC(O)COc1ccc(/C(=C(/CC)c2ccc3c(c2)OCO3)c2ccc(OC(=O)C3CC3)cc2)cc1. The molecule has 3 aromatic rings. The molecule has 39 heavy (non-hydrogen) atoms. The van der Waals surface area contributed by atoms with Crippen LogP contribution in [0.3, 0.4) is 0 Å². The Balaban J connectivity index is 1.46. The van der Waals surface area contributed by atoms with Crippen molar-refractivity contribution >= 4 is 17.1 Å². The number of likely N-dealkylation sites (N-methyl/N-ethyl adjacent to an activating group) is 1. The molecule has 1 aliphatic carbocycles. The van der Waals surface area contributed by atoms with Crippen molar-refractivity contribution in [3.8, 4) is 23.0 Å². The first kappa shape index (κ1) is 26.8. The monoisotopic (exact) mass is 529 g/mol. The van der Waals surface area contributed by atoms with Crippen LogP contribution in [-0.2, 0) is 4.79 Å². The van der Waals surface area contributed by atoms with Gasteiger partial charge in [0.2, 0.25) is 6.79 Å². The Morgan fingerprint density at radius 2 is 1.56 bits per heavy atom. The number of hydrogen-bond acceptors (Lipinski definition) is 7. The van der Waals surface area contributed by atoms with Crippen molar-refractivity contribution in [2.75, 3.05) is 26.5 Å². The Morgan fingerprint density at radius 3 is 2.21 bits per heavy atom. The number of esters is 1. The third-order valence-electron chi connectivity index (χ3n) is 6.86. The fourth-order valence-electron chi connectivity index (χ4n) is 4.61. The van der Waals surface area contributed by atoms with E-state index in [2.05, 4.69) is 18.3 Å². The van der Waals surface area contributed by atoms with Gasteiger partial charge in [-0.1, -0.05) is 44.2 Å². The van der Waals surface area contributed by atoms with Crippen LogP contribution in [0.15, 0.2) is 66.7 Å². The van der Waals surface area contributed by atoms with Crippen LogP contribution in [0, 0.1) is 5.92 Å². The number of carbonyl (C=O) groups excluding carboxylic acids is 1. The molecule has 7 nitrogen and oxygen atoms in total. The molecule has 1 atom stereocenters. The molecular weight excluding hydrogens is 494 g/mol. The molecular formula is C32H35NO6. The van der Waals surface area contributed by atoms with Gasteiger partial charge < -0.3 is 29.4 Å². The zero-order valence-corrected chi connectivity index (χ0v) is 22.4.